The minimum Gasteiger partial charge on any atom is -0.444 e. The Labute approximate surface area is 266 Å². The van der Waals surface area contributed by atoms with Crippen molar-refractivity contribution < 1.29 is 14.3 Å². The van der Waals surface area contributed by atoms with E-state index in [1.807, 2.05) is 73.7 Å². The third-order valence-corrected chi connectivity index (χ3v) is 7.19. The molecule has 1 unspecified atom stereocenters. The number of aromatic amines is 2. The minimum absolute atomic E-state index is 0.00431. The first-order chi connectivity index (χ1) is 21.0. The minimum atomic E-state index is -0.598. The summed E-state index contributed by atoms with van der Waals surface area (Å²) >= 11 is 0. The number of nitrogens with one attached hydrogen (secondary N) is 4. The van der Waals surface area contributed by atoms with Gasteiger partial charge in [-0.1, -0.05) is 83.1 Å². The van der Waals surface area contributed by atoms with Crippen LogP contribution in [0.5, 0.6) is 0 Å². The second-order valence-corrected chi connectivity index (χ2v) is 13.9. The zero-order valence-electron chi connectivity index (χ0n) is 28.0. The molecule has 1 atom stereocenters. The van der Waals surface area contributed by atoms with Gasteiger partial charge in [-0.15, -0.1) is 0 Å². The number of nitrogens with zero attached hydrogens (tertiary/aromatic N) is 2. The molecule has 0 bridgehead atoms. The second kappa shape index (κ2) is 13.1. The Morgan fingerprint density at radius 3 is 1.71 bits per heavy atom. The van der Waals surface area contributed by atoms with Crippen LogP contribution in [0.4, 0.5) is 4.79 Å². The molecule has 238 valence electrons. The van der Waals surface area contributed by atoms with Crippen LogP contribution in [0.25, 0.3) is 39.3 Å². The molecule has 0 aliphatic rings. The molecule has 9 nitrogen and oxygen atoms in total. The molecule has 2 aromatic carbocycles. The lowest BCUT2D eigenvalue weighted by Gasteiger charge is -2.25. The number of amides is 2. The number of hydrogen-bond donors (Lipinski definition) is 4. The third kappa shape index (κ3) is 8.50. The van der Waals surface area contributed by atoms with Crippen LogP contribution in [0.2, 0.25) is 0 Å². The molecule has 4 rings (SSSR count). The van der Waals surface area contributed by atoms with Gasteiger partial charge in [0, 0.05) is 5.41 Å². The van der Waals surface area contributed by atoms with E-state index in [1.165, 1.54) is 0 Å². The highest BCUT2D eigenvalue weighted by atomic mass is 16.6. The van der Waals surface area contributed by atoms with Crippen molar-refractivity contribution >= 4 is 17.7 Å². The molecule has 0 aliphatic heterocycles. The summed E-state index contributed by atoms with van der Waals surface area (Å²) in [5.41, 5.74) is 6.30. The molecule has 0 aliphatic carbocycles. The molecule has 0 spiro atoms. The summed E-state index contributed by atoms with van der Waals surface area (Å²) in [7, 11) is 0. The quantitative estimate of drug-likeness (QED) is 0.160. The topological polar surface area (TPSA) is 125 Å². The molecule has 4 N–H and O–H groups in total. The number of aromatic nitrogens is 4. The van der Waals surface area contributed by atoms with Gasteiger partial charge >= 0.3 is 6.09 Å². The Hall–Kier alpha value is -4.66. The van der Waals surface area contributed by atoms with Gasteiger partial charge < -0.3 is 20.0 Å². The predicted octanol–water partition coefficient (Wildman–Crippen LogP) is 8.27. The predicted molar refractivity (Wildman–Crippen MR) is 180 cm³/mol. The molecule has 2 aromatic heterocycles. The van der Waals surface area contributed by atoms with E-state index in [0.717, 1.165) is 45.0 Å². The summed E-state index contributed by atoms with van der Waals surface area (Å²) in [5.74, 6) is 1.48. The van der Waals surface area contributed by atoms with E-state index in [1.54, 1.807) is 6.20 Å². The summed E-state index contributed by atoms with van der Waals surface area (Å²) in [5, 5.41) is 5.98. The van der Waals surface area contributed by atoms with Crippen molar-refractivity contribution in [3.63, 3.8) is 0 Å². The van der Waals surface area contributed by atoms with E-state index in [-0.39, 0.29) is 17.9 Å². The number of carbonyl (C=O) groups is 2. The van der Waals surface area contributed by atoms with E-state index < -0.39 is 17.1 Å². The molecule has 0 saturated carbocycles. The van der Waals surface area contributed by atoms with Gasteiger partial charge in [0.25, 0.3) is 0 Å². The SMILES string of the molecule is CC(C)=C(NC(=O)OC(C)(C)C)c1ncc(-c2ccc(-c3ccc(-c4cnc(C(NC(=O)C(C)(C)C)C(C)C)[nH]4)cc3)cc2)[nH]1. The van der Waals surface area contributed by atoms with Gasteiger partial charge in [0.1, 0.15) is 11.4 Å². The van der Waals surface area contributed by atoms with E-state index >= 15 is 0 Å². The van der Waals surface area contributed by atoms with Crippen LogP contribution >= 0.6 is 0 Å². The largest absolute Gasteiger partial charge is 0.444 e. The number of hydrogen-bond acceptors (Lipinski definition) is 5. The van der Waals surface area contributed by atoms with Crippen molar-refractivity contribution in [2.45, 2.75) is 80.9 Å². The highest BCUT2D eigenvalue weighted by Gasteiger charge is 2.28. The first kappa shape index (κ1) is 33.2. The third-order valence-electron chi connectivity index (χ3n) is 7.19. The van der Waals surface area contributed by atoms with Crippen molar-refractivity contribution in [2.24, 2.45) is 11.3 Å². The van der Waals surface area contributed by atoms with E-state index in [2.05, 4.69) is 80.8 Å². The molecular weight excluding hydrogens is 564 g/mol. The fourth-order valence-corrected chi connectivity index (χ4v) is 4.66. The fourth-order valence-electron chi connectivity index (χ4n) is 4.66. The number of imidazole rings is 2. The van der Waals surface area contributed by atoms with E-state index in [4.69, 9.17) is 4.74 Å². The van der Waals surface area contributed by atoms with Crippen molar-refractivity contribution in [3.8, 4) is 33.6 Å². The Bertz CT molecular complexity index is 1660. The zero-order chi connectivity index (χ0) is 33.1. The molecule has 45 heavy (non-hydrogen) atoms. The standard InChI is InChI=1S/C36H46N6O3/c1-21(2)29(41-33(43)35(5,6)7)31-37-19-27(39-31)25-15-11-23(12-16-25)24-13-17-26(18-14-24)28-20-38-32(40-28)30(22(3)4)42-34(44)45-36(8,9)10/h11-21,29H,1-10H3,(H,37,39)(H,38,40)(H,41,43)(H,42,44). The molecule has 2 heterocycles. The molecule has 0 saturated heterocycles. The molecule has 9 heteroatoms. The summed E-state index contributed by atoms with van der Waals surface area (Å²) < 4.78 is 5.42. The zero-order valence-corrected chi connectivity index (χ0v) is 28.0. The Morgan fingerprint density at radius 2 is 1.24 bits per heavy atom. The highest BCUT2D eigenvalue weighted by Crippen LogP contribution is 2.29. The number of carbonyl (C=O) groups excluding carboxylic acids is 2. The average molecular weight is 611 g/mol. The lowest BCUT2D eigenvalue weighted by atomic mass is 9.94. The van der Waals surface area contributed by atoms with Gasteiger partial charge in [0.05, 0.1) is 35.5 Å². The van der Waals surface area contributed by atoms with Crippen LogP contribution in [0.1, 0.15) is 86.9 Å². The maximum atomic E-state index is 12.7. The molecule has 2 amide bonds. The first-order valence-corrected chi connectivity index (χ1v) is 15.3. The van der Waals surface area contributed by atoms with Crippen molar-refractivity contribution in [2.75, 3.05) is 0 Å². The van der Waals surface area contributed by atoms with Crippen LogP contribution in [0, 0.1) is 11.3 Å². The molecular formula is C36H46N6O3. The van der Waals surface area contributed by atoms with Gasteiger partial charge in [-0.25, -0.2) is 14.8 Å². The monoisotopic (exact) mass is 610 g/mol. The smallest absolute Gasteiger partial charge is 0.412 e. The van der Waals surface area contributed by atoms with Crippen LogP contribution in [-0.2, 0) is 9.53 Å². The second-order valence-electron chi connectivity index (χ2n) is 13.9. The maximum absolute atomic E-state index is 12.7. The molecule has 0 fully saturated rings. The number of rotatable bonds is 8. The van der Waals surface area contributed by atoms with Gasteiger partial charge in [-0.2, -0.15) is 0 Å². The van der Waals surface area contributed by atoms with Crippen molar-refractivity contribution in [3.05, 3.63) is 78.1 Å². The van der Waals surface area contributed by atoms with Crippen LogP contribution in [0.15, 0.2) is 66.5 Å². The number of alkyl carbamates (subject to hydrolysis) is 1. The lowest BCUT2D eigenvalue weighted by Crippen LogP contribution is -2.39. The molecule has 4 aromatic rings. The van der Waals surface area contributed by atoms with Crippen LogP contribution in [-0.4, -0.2) is 37.5 Å². The van der Waals surface area contributed by atoms with E-state index in [0.29, 0.717) is 11.5 Å². The maximum Gasteiger partial charge on any atom is 0.412 e. The summed E-state index contributed by atoms with van der Waals surface area (Å²) in [6, 6.07) is 16.3. The Balaban J connectivity index is 1.46. The van der Waals surface area contributed by atoms with Gasteiger partial charge in [0.15, 0.2) is 5.82 Å². The number of H-pyrrole nitrogens is 2. The van der Waals surface area contributed by atoms with Crippen molar-refractivity contribution in [1.82, 2.24) is 30.6 Å². The van der Waals surface area contributed by atoms with Crippen LogP contribution in [0.3, 0.4) is 0 Å². The van der Waals surface area contributed by atoms with Gasteiger partial charge in [0.2, 0.25) is 5.91 Å². The van der Waals surface area contributed by atoms with E-state index in [9.17, 15) is 9.59 Å². The number of benzene rings is 2. The summed E-state index contributed by atoms with van der Waals surface area (Å²) in [6.45, 7) is 19.2. The van der Waals surface area contributed by atoms with Crippen molar-refractivity contribution in [1.29, 1.82) is 0 Å². The summed E-state index contributed by atoms with van der Waals surface area (Å²) in [4.78, 5) is 40.9. The lowest BCUT2D eigenvalue weighted by molar-refractivity contribution is -0.129. The molecule has 0 radical (unpaired) electrons. The number of allylic oxidation sites excluding steroid dienone is 1. The van der Waals surface area contributed by atoms with Gasteiger partial charge in [-0.05, 0) is 68.4 Å². The average Bonchev–Trinajstić information content (AvgIpc) is 3.64. The first-order valence-electron chi connectivity index (χ1n) is 15.3. The fraction of sp³-hybridized carbons (Fsp3) is 0.389. The Kier molecular flexibility index (Phi) is 9.71. The Morgan fingerprint density at radius 1 is 0.756 bits per heavy atom. The van der Waals surface area contributed by atoms with Gasteiger partial charge in [-0.3, -0.25) is 10.1 Å². The summed E-state index contributed by atoms with van der Waals surface area (Å²) in [6.07, 6.45) is 3.06. The van der Waals surface area contributed by atoms with Crippen LogP contribution < -0.4 is 10.6 Å². The highest BCUT2D eigenvalue weighted by molar-refractivity contribution is 5.82. The normalized spacial score (nSPS) is 12.5. The number of ether oxygens (including phenoxy) is 1.